The van der Waals surface area contributed by atoms with Crippen LogP contribution in [0.4, 0.5) is 0 Å². The zero-order valence-electron chi connectivity index (χ0n) is 7.72. The Balaban J connectivity index is 0. The maximum absolute atomic E-state index is 10.1. The summed E-state index contributed by atoms with van der Waals surface area (Å²) in [5, 5.41) is 16.0. The number of nitrogens with two attached hydrogens (primary N) is 2. The molecule has 1 atom stereocenters. The number of carboxylic acid groups (broad SMARTS) is 1. The molecule has 0 fully saturated rings. The first-order valence-electron chi connectivity index (χ1n) is 3.94. The summed E-state index contributed by atoms with van der Waals surface area (Å²) in [4.78, 5) is 20.1. The molecule has 1 amide bonds. The van der Waals surface area contributed by atoms with Gasteiger partial charge in [0.2, 0.25) is 5.91 Å². The van der Waals surface area contributed by atoms with E-state index >= 15 is 0 Å². The standard InChI is InChI=1S/C5H10N2O3.C2H6OS/c6-3(5(9)10)1-2-4(7)8;3-1-2-4/h3H,1-2,6H2,(H2,7,8)(H,9,10);3-4H,1-2H2/t3-;/m0./s1. The lowest BCUT2D eigenvalue weighted by atomic mass is 10.2. The zero-order valence-corrected chi connectivity index (χ0v) is 8.61. The van der Waals surface area contributed by atoms with E-state index in [2.05, 4.69) is 12.6 Å². The van der Waals surface area contributed by atoms with Gasteiger partial charge in [-0.1, -0.05) is 0 Å². The van der Waals surface area contributed by atoms with Gasteiger partial charge in [-0.3, -0.25) is 9.59 Å². The van der Waals surface area contributed by atoms with Gasteiger partial charge >= 0.3 is 5.97 Å². The quantitative estimate of drug-likeness (QED) is 0.366. The molecule has 14 heavy (non-hydrogen) atoms. The number of carboxylic acids is 1. The molecule has 0 aromatic heterocycles. The number of rotatable bonds is 5. The fourth-order valence-corrected chi connectivity index (χ4v) is 0.421. The van der Waals surface area contributed by atoms with Gasteiger partial charge in [0.25, 0.3) is 0 Å². The third-order valence-electron chi connectivity index (χ3n) is 1.12. The van der Waals surface area contributed by atoms with Crippen LogP contribution >= 0.6 is 12.6 Å². The first-order chi connectivity index (χ1) is 6.45. The van der Waals surface area contributed by atoms with Crippen LogP contribution in [-0.4, -0.2) is 40.5 Å². The van der Waals surface area contributed by atoms with Crippen molar-refractivity contribution in [2.75, 3.05) is 12.4 Å². The van der Waals surface area contributed by atoms with Crippen LogP contribution in [0.5, 0.6) is 0 Å². The molecule has 0 bridgehead atoms. The highest BCUT2D eigenvalue weighted by Gasteiger charge is 2.11. The summed E-state index contributed by atoms with van der Waals surface area (Å²) in [5.41, 5.74) is 9.81. The Morgan fingerprint density at radius 1 is 1.43 bits per heavy atom. The molecule has 0 aromatic rings. The van der Waals surface area contributed by atoms with Crippen LogP contribution in [0.1, 0.15) is 12.8 Å². The molecule has 0 aliphatic rings. The highest BCUT2D eigenvalue weighted by Crippen LogP contribution is 1.92. The minimum absolute atomic E-state index is 0.0213. The normalized spacial score (nSPS) is 11.1. The topological polar surface area (TPSA) is 127 Å². The summed E-state index contributed by atoms with van der Waals surface area (Å²) in [7, 11) is 0. The van der Waals surface area contributed by atoms with E-state index in [4.69, 9.17) is 21.7 Å². The van der Waals surface area contributed by atoms with Crippen molar-refractivity contribution in [1.29, 1.82) is 0 Å². The smallest absolute Gasteiger partial charge is 0.320 e. The van der Waals surface area contributed by atoms with Gasteiger partial charge in [0.15, 0.2) is 0 Å². The van der Waals surface area contributed by atoms with Crippen LogP contribution < -0.4 is 11.5 Å². The van der Waals surface area contributed by atoms with Gasteiger partial charge in [-0.2, -0.15) is 12.6 Å². The van der Waals surface area contributed by atoms with E-state index in [1.165, 1.54) is 0 Å². The van der Waals surface area contributed by atoms with Crippen molar-refractivity contribution in [3.05, 3.63) is 0 Å². The second kappa shape index (κ2) is 10.3. The lowest BCUT2D eigenvalue weighted by molar-refractivity contribution is -0.138. The highest BCUT2D eigenvalue weighted by molar-refractivity contribution is 7.80. The van der Waals surface area contributed by atoms with E-state index in [-0.39, 0.29) is 19.4 Å². The predicted molar refractivity (Wildman–Crippen MR) is 55.0 cm³/mol. The third-order valence-corrected chi connectivity index (χ3v) is 1.32. The lowest BCUT2D eigenvalue weighted by Gasteiger charge is -2.01. The Labute approximate surface area is 87.7 Å². The zero-order chi connectivity index (χ0) is 11.6. The number of aliphatic hydroxyl groups excluding tert-OH is 1. The van der Waals surface area contributed by atoms with E-state index in [0.717, 1.165) is 0 Å². The Morgan fingerprint density at radius 2 is 1.86 bits per heavy atom. The maximum atomic E-state index is 10.1. The molecule has 0 aromatic carbocycles. The summed E-state index contributed by atoms with van der Waals surface area (Å²) in [5.74, 6) is -1.07. The van der Waals surface area contributed by atoms with Crippen molar-refractivity contribution in [3.63, 3.8) is 0 Å². The van der Waals surface area contributed by atoms with Gasteiger partial charge in [-0.25, -0.2) is 0 Å². The minimum Gasteiger partial charge on any atom is -0.480 e. The first-order valence-corrected chi connectivity index (χ1v) is 4.57. The molecule has 0 spiro atoms. The van der Waals surface area contributed by atoms with Gasteiger partial charge in [-0.15, -0.1) is 0 Å². The Hall–Kier alpha value is -0.790. The number of primary amides is 1. The van der Waals surface area contributed by atoms with E-state index in [1.807, 2.05) is 0 Å². The van der Waals surface area contributed by atoms with Crippen LogP contribution in [0.25, 0.3) is 0 Å². The van der Waals surface area contributed by atoms with E-state index in [1.54, 1.807) is 0 Å². The molecule has 0 heterocycles. The van der Waals surface area contributed by atoms with Crippen molar-refractivity contribution < 1.29 is 19.8 Å². The van der Waals surface area contributed by atoms with Crippen LogP contribution in [0.3, 0.4) is 0 Å². The second-order valence-corrected chi connectivity index (χ2v) is 2.84. The van der Waals surface area contributed by atoms with Crippen molar-refractivity contribution in [3.8, 4) is 0 Å². The number of aliphatic hydroxyl groups is 1. The summed E-state index contributed by atoms with van der Waals surface area (Å²) in [6, 6.07) is -0.979. The number of aliphatic carboxylic acids is 1. The van der Waals surface area contributed by atoms with Gasteiger partial charge < -0.3 is 21.7 Å². The van der Waals surface area contributed by atoms with Crippen LogP contribution in [0, 0.1) is 0 Å². The fourth-order valence-electron chi connectivity index (χ4n) is 0.421. The number of hydrogen-bond donors (Lipinski definition) is 5. The number of carbonyl (C=O) groups excluding carboxylic acids is 1. The van der Waals surface area contributed by atoms with Gasteiger partial charge in [0.1, 0.15) is 6.04 Å². The molecule has 6 nitrogen and oxygen atoms in total. The lowest BCUT2D eigenvalue weighted by Crippen LogP contribution is -2.31. The molecular formula is C7H16N2O4S. The van der Waals surface area contributed by atoms with Gasteiger partial charge in [0.05, 0.1) is 6.61 Å². The van der Waals surface area contributed by atoms with Gasteiger partial charge in [-0.05, 0) is 6.42 Å². The van der Waals surface area contributed by atoms with E-state index in [0.29, 0.717) is 5.75 Å². The molecule has 84 valence electrons. The Kier molecular flexibility index (Phi) is 11.5. The summed E-state index contributed by atoms with van der Waals surface area (Å²) in [6.45, 7) is 0.184. The Morgan fingerprint density at radius 3 is 2.07 bits per heavy atom. The van der Waals surface area contributed by atoms with Crippen molar-refractivity contribution in [2.45, 2.75) is 18.9 Å². The molecule has 0 saturated carbocycles. The molecule has 0 radical (unpaired) electrons. The van der Waals surface area contributed by atoms with E-state index in [9.17, 15) is 9.59 Å². The average Bonchev–Trinajstić information content (AvgIpc) is 2.14. The van der Waals surface area contributed by atoms with Gasteiger partial charge in [0, 0.05) is 12.2 Å². The maximum Gasteiger partial charge on any atom is 0.320 e. The monoisotopic (exact) mass is 224 g/mol. The first kappa shape index (κ1) is 15.7. The number of amides is 1. The second-order valence-electron chi connectivity index (χ2n) is 2.40. The molecule has 0 rings (SSSR count). The average molecular weight is 224 g/mol. The predicted octanol–water partition coefficient (Wildman–Crippen LogP) is -1.43. The van der Waals surface area contributed by atoms with Crippen molar-refractivity contribution in [2.24, 2.45) is 11.5 Å². The van der Waals surface area contributed by atoms with E-state index < -0.39 is 17.9 Å². The van der Waals surface area contributed by atoms with Crippen LogP contribution in [-0.2, 0) is 9.59 Å². The number of carbonyl (C=O) groups is 2. The fraction of sp³-hybridized carbons (Fsp3) is 0.714. The number of hydrogen-bond acceptors (Lipinski definition) is 5. The summed E-state index contributed by atoms with van der Waals surface area (Å²) in [6.07, 6.45) is 0.123. The molecule has 0 aliphatic carbocycles. The molecule has 0 unspecified atom stereocenters. The van der Waals surface area contributed by atoms with Crippen molar-refractivity contribution in [1.82, 2.24) is 0 Å². The molecular weight excluding hydrogens is 208 g/mol. The minimum atomic E-state index is -1.11. The van der Waals surface area contributed by atoms with Crippen LogP contribution in [0.2, 0.25) is 0 Å². The number of thiol groups is 1. The summed E-state index contributed by atoms with van der Waals surface area (Å²) < 4.78 is 0. The van der Waals surface area contributed by atoms with Crippen LogP contribution in [0.15, 0.2) is 0 Å². The molecule has 0 aliphatic heterocycles. The van der Waals surface area contributed by atoms with Crippen molar-refractivity contribution >= 4 is 24.5 Å². The summed E-state index contributed by atoms with van der Waals surface area (Å²) >= 11 is 3.67. The SMILES string of the molecule is NC(=O)CC[C@H](N)C(=O)O.OCCS. The molecule has 0 saturated heterocycles. The highest BCUT2D eigenvalue weighted by atomic mass is 32.1. The molecule has 7 heteroatoms. The molecule has 6 N–H and O–H groups in total. The largest absolute Gasteiger partial charge is 0.480 e. The third kappa shape index (κ3) is 13.8. The Bertz CT molecular complexity index is 175.